The van der Waals surface area contributed by atoms with Crippen LogP contribution in [0, 0.1) is 6.92 Å². The summed E-state index contributed by atoms with van der Waals surface area (Å²) in [5, 5.41) is 16.6. The van der Waals surface area contributed by atoms with Gasteiger partial charge < -0.3 is 14.2 Å². The summed E-state index contributed by atoms with van der Waals surface area (Å²) in [5.41, 5.74) is 9.51. The van der Waals surface area contributed by atoms with E-state index in [1.54, 1.807) is 0 Å². The maximum absolute atomic E-state index is 11.8. The van der Waals surface area contributed by atoms with E-state index in [4.69, 9.17) is 0 Å². The largest absolute Gasteiger partial charge is 0.384 e. The lowest BCUT2D eigenvalue weighted by Gasteiger charge is -2.18. The second-order valence-electron chi connectivity index (χ2n) is 10.8. The molecule has 2 heterocycles. The van der Waals surface area contributed by atoms with E-state index < -0.39 is 6.10 Å². The lowest BCUT2D eigenvalue weighted by molar-refractivity contribution is 0.220. The highest BCUT2D eigenvalue weighted by molar-refractivity contribution is 6.10. The predicted molar refractivity (Wildman–Crippen MR) is 170 cm³/mol. The molecule has 0 saturated carbocycles. The Hall–Kier alpha value is -5.12. The quantitative estimate of drug-likeness (QED) is 0.242. The minimum atomic E-state index is -0.768. The van der Waals surface area contributed by atoms with Gasteiger partial charge in [0.1, 0.15) is 6.10 Å². The Morgan fingerprint density at radius 3 is 1.20 bits per heavy atom. The molecule has 0 radical (unpaired) electrons. The Morgan fingerprint density at radius 2 is 0.805 bits per heavy atom. The van der Waals surface area contributed by atoms with E-state index in [-0.39, 0.29) is 0 Å². The minimum absolute atomic E-state index is 0.768. The molecule has 0 bridgehead atoms. The summed E-state index contributed by atoms with van der Waals surface area (Å²) >= 11 is 0. The molecule has 6 aromatic carbocycles. The molecule has 3 nitrogen and oxygen atoms in total. The molecule has 0 spiro atoms. The van der Waals surface area contributed by atoms with Crippen LogP contribution in [0.1, 0.15) is 22.8 Å². The van der Waals surface area contributed by atoms with Gasteiger partial charge in [0.15, 0.2) is 0 Å². The van der Waals surface area contributed by atoms with Crippen molar-refractivity contribution in [2.24, 2.45) is 0 Å². The first-order valence-corrected chi connectivity index (χ1v) is 14.0. The molecule has 0 aliphatic rings. The molecule has 0 aliphatic carbocycles. The van der Waals surface area contributed by atoms with Crippen LogP contribution in [-0.2, 0) is 0 Å². The van der Waals surface area contributed by atoms with Gasteiger partial charge in [0.05, 0.1) is 22.1 Å². The van der Waals surface area contributed by atoms with Gasteiger partial charge in [-0.1, -0.05) is 103 Å². The maximum Gasteiger partial charge on any atom is 0.104 e. The average Bonchev–Trinajstić information content (AvgIpc) is 3.54. The molecule has 0 aliphatic heterocycles. The van der Waals surface area contributed by atoms with Crippen LogP contribution in [0.2, 0.25) is 0 Å². The number of aliphatic hydroxyl groups is 1. The SMILES string of the molecule is Cc1ccc(C(O)c2cc(-n3c4ccccc4c4ccccc43)cc(-n3c4ccccc4c4ccccc43)c2)cc1. The Balaban J connectivity index is 1.47. The van der Waals surface area contributed by atoms with Crippen molar-refractivity contribution in [1.29, 1.82) is 0 Å². The summed E-state index contributed by atoms with van der Waals surface area (Å²) in [4.78, 5) is 0. The van der Waals surface area contributed by atoms with Crippen LogP contribution in [0.15, 0.2) is 140 Å². The smallest absolute Gasteiger partial charge is 0.104 e. The van der Waals surface area contributed by atoms with Crippen LogP contribution < -0.4 is 0 Å². The van der Waals surface area contributed by atoms with Crippen molar-refractivity contribution in [2.75, 3.05) is 0 Å². The highest BCUT2D eigenvalue weighted by Crippen LogP contribution is 2.37. The molecule has 0 amide bonds. The molecule has 0 saturated heterocycles. The third-order valence-electron chi connectivity index (χ3n) is 8.31. The van der Waals surface area contributed by atoms with Crippen LogP contribution in [0.4, 0.5) is 0 Å². The molecule has 3 heteroatoms. The van der Waals surface area contributed by atoms with Crippen LogP contribution in [0.25, 0.3) is 55.0 Å². The van der Waals surface area contributed by atoms with E-state index in [2.05, 4.69) is 143 Å². The van der Waals surface area contributed by atoms with Gasteiger partial charge in [-0.15, -0.1) is 0 Å². The summed E-state index contributed by atoms with van der Waals surface area (Å²) in [6, 6.07) is 48.9. The number of aliphatic hydroxyl groups excluding tert-OH is 1. The molecule has 1 unspecified atom stereocenters. The second kappa shape index (κ2) is 9.22. The normalized spacial score (nSPS) is 12.5. The Bertz CT molecular complexity index is 2000. The molecule has 1 N–H and O–H groups in total. The maximum atomic E-state index is 11.8. The fourth-order valence-corrected chi connectivity index (χ4v) is 6.38. The third-order valence-corrected chi connectivity index (χ3v) is 8.31. The van der Waals surface area contributed by atoms with E-state index in [1.807, 2.05) is 12.1 Å². The highest BCUT2D eigenvalue weighted by Gasteiger charge is 2.19. The zero-order valence-corrected chi connectivity index (χ0v) is 22.7. The summed E-state index contributed by atoms with van der Waals surface area (Å²) in [5.74, 6) is 0. The van der Waals surface area contributed by atoms with Gasteiger partial charge in [0.25, 0.3) is 0 Å². The van der Waals surface area contributed by atoms with Crippen molar-refractivity contribution >= 4 is 43.6 Å². The van der Waals surface area contributed by atoms with Gasteiger partial charge in [-0.05, 0) is 60.5 Å². The molecule has 8 aromatic rings. The Kier molecular flexibility index (Phi) is 5.34. The number of benzene rings is 6. The van der Waals surface area contributed by atoms with Crippen LogP contribution in [-0.4, -0.2) is 14.2 Å². The van der Waals surface area contributed by atoms with Gasteiger partial charge in [0.2, 0.25) is 0 Å². The minimum Gasteiger partial charge on any atom is -0.384 e. The van der Waals surface area contributed by atoms with Crippen LogP contribution >= 0.6 is 0 Å². The zero-order valence-electron chi connectivity index (χ0n) is 22.7. The summed E-state index contributed by atoms with van der Waals surface area (Å²) in [6.07, 6.45) is -0.768. The Labute approximate surface area is 238 Å². The lowest BCUT2D eigenvalue weighted by Crippen LogP contribution is -2.05. The van der Waals surface area contributed by atoms with E-state index >= 15 is 0 Å². The number of hydrogen-bond donors (Lipinski definition) is 1. The number of aromatic nitrogens is 2. The Morgan fingerprint density at radius 1 is 0.439 bits per heavy atom. The van der Waals surface area contributed by atoms with Crippen LogP contribution in [0.3, 0.4) is 0 Å². The molecule has 8 rings (SSSR count). The van der Waals surface area contributed by atoms with Crippen molar-refractivity contribution in [3.8, 4) is 11.4 Å². The lowest BCUT2D eigenvalue weighted by atomic mass is 9.99. The number of fused-ring (bicyclic) bond motifs is 6. The van der Waals surface area contributed by atoms with Gasteiger partial charge in [-0.3, -0.25) is 0 Å². The molecule has 41 heavy (non-hydrogen) atoms. The number of hydrogen-bond acceptors (Lipinski definition) is 1. The standard InChI is InChI=1S/C38H28N2O/c1-25-18-20-26(21-19-25)38(41)27-22-28(39-34-14-6-2-10-30(34)31-11-3-7-15-35(31)39)24-29(23-27)40-36-16-8-4-12-32(36)33-13-5-9-17-37(33)40/h2-24,38,41H,1H3. The van der Waals surface area contributed by atoms with Crippen molar-refractivity contribution < 1.29 is 5.11 Å². The van der Waals surface area contributed by atoms with E-state index in [0.29, 0.717) is 0 Å². The van der Waals surface area contributed by atoms with E-state index in [9.17, 15) is 5.11 Å². The van der Waals surface area contributed by atoms with Gasteiger partial charge in [-0.2, -0.15) is 0 Å². The number of para-hydroxylation sites is 4. The first-order valence-electron chi connectivity index (χ1n) is 14.0. The van der Waals surface area contributed by atoms with Crippen molar-refractivity contribution in [2.45, 2.75) is 13.0 Å². The highest BCUT2D eigenvalue weighted by atomic mass is 16.3. The van der Waals surface area contributed by atoms with E-state index in [1.165, 1.54) is 27.1 Å². The average molecular weight is 529 g/mol. The van der Waals surface area contributed by atoms with Gasteiger partial charge in [-0.25, -0.2) is 0 Å². The molecular formula is C38H28N2O. The summed E-state index contributed by atoms with van der Waals surface area (Å²) in [6.45, 7) is 2.07. The van der Waals surface area contributed by atoms with Crippen molar-refractivity contribution in [1.82, 2.24) is 9.13 Å². The molecule has 196 valence electrons. The van der Waals surface area contributed by atoms with Gasteiger partial charge in [0, 0.05) is 32.9 Å². The van der Waals surface area contributed by atoms with Crippen molar-refractivity contribution in [3.05, 3.63) is 156 Å². The summed E-state index contributed by atoms with van der Waals surface area (Å²) < 4.78 is 4.65. The fraction of sp³-hybridized carbons (Fsp3) is 0.0526. The fourth-order valence-electron chi connectivity index (χ4n) is 6.38. The molecule has 0 fully saturated rings. The molecule has 1 atom stereocenters. The first-order chi connectivity index (χ1) is 20.2. The monoisotopic (exact) mass is 528 g/mol. The number of rotatable bonds is 4. The topological polar surface area (TPSA) is 30.1 Å². The van der Waals surface area contributed by atoms with Crippen molar-refractivity contribution in [3.63, 3.8) is 0 Å². The van der Waals surface area contributed by atoms with E-state index in [0.717, 1.165) is 44.6 Å². The number of nitrogens with zero attached hydrogens (tertiary/aromatic N) is 2. The van der Waals surface area contributed by atoms with Crippen LogP contribution in [0.5, 0.6) is 0 Å². The molecule has 2 aromatic heterocycles. The first kappa shape index (κ1) is 23.7. The zero-order chi connectivity index (χ0) is 27.5. The summed E-state index contributed by atoms with van der Waals surface area (Å²) in [7, 11) is 0. The number of aryl methyl sites for hydroxylation is 1. The predicted octanol–water partition coefficient (Wildman–Crippen LogP) is 9.27. The molecular weight excluding hydrogens is 500 g/mol. The third kappa shape index (κ3) is 3.71. The second-order valence-corrected chi connectivity index (χ2v) is 10.8. The van der Waals surface area contributed by atoms with Gasteiger partial charge >= 0.3 is 0 Å².